The monoisotopic (exact) mass is 273 g/mol. The van der Waals surface area contributed by atoms with Gasteiger partial charge in [-0.3, -0.25) is 4.79 Å². The van der Waals surface area contributed by atoms with Crippen LogP contribution in [0.3, 0.4) is 0 Å². The van der Waals surface area contributed by atoms with Crippen LogP contribution in [0, 0.1) is 0 Å². The minimum absolute atomic E-state index is 0.0782. The molecule has 0 atom stereocenters. The normalized spacial score (nSPS) is 14.2. The van der Waals surface area contributed by atoms with Gasteiger partial charge in [0.15, 0.2) is 5.78 Å². The van der Waals surface area contributed by atoms with Crippen molar-refractivity contribution < 1.29 is 9.53 Å². The lowest BCUT2D eigenvalue weighted by Gasteiger charge is -2.06. The second-order valence-electron chi connectivity index (χ2n) is 4.54. The van der Waals surface area contributed by atoms with Crippen LogP contribution in [-0.2, 0) is 0 Å². The largest absolute Gasteiger partial charge is 0.490 e. The van der Waals surface area contributed by atoms with E-state index in [1.54, 1.807) is 24.3 Å². The molecule has 96 valence electrons. The van der Waals surface area contributed by atoms with Crippen molar-refractivity contribution >= 4 is 17.4 Å². The van der Waals surface area contributed by atoms with E-state index >= 15 is 0 Å². The molecule has 1 fully saturated rings. The van der Waals surface area contributed by atoms with Crippen LogP contribution in [0.1, 0.15) is 28.8 Å². The molecule has 0 radical (unpaired) electrons. The Balaban J connectivity index is 1.86. The van der Waals surface area contributed by atoms with Crippen LogP contribution in [0.2, 0.25) is 5.15 Å². The van der Waals surface area contributed by atoms with E-state index in [1.807, 2.05) is 12.1 Å². The van der Waals surface area contributed by atoms with E-state index in [2.05, 4.69) is 4.98 Å². The SMILES string of the molecule is O=C(c1cccc(OC2CC2)c1)c1ccnc(Cl)c1. The van der Waals surface area contributed by atoms with Crippen LogP contribution in [0.15, 0.2) is 42.6 Å². The number of halogens is 1. The Morgan fingerprint density at radius 1 is 1.21 bits per heavy atom. The summed E-state index contributed by atoms with van der Waals surface area (Å²) < 4.78 is 5.69. The summed E-state index contributed by atoms with van der Waals surface area (Å²) in [6.07, 6.45) is 4.04. The van der Waals surface area contributed by atoms with E-state index in [4.69, 9.17) is 16.3 Å². The van der Waals surface area contributed by atoms with E-state index in [0.717, 1.165) is 18.6 Å². The van der Waals surface area contributed by atoms with Crippen molar-refractivity contribution in [1.29, 1.82) is 0 Å². The van der Waals surface area contributed by atoms with Crippen LogP contribution in [-0.4, -0.2) is 16.9 Å². The Morgan fingerprint density at radius 2 is 2.00 bits per heavy atom. The van der Waals surface area contributed by atoms with E-state index < -0.39 is 0 Å². The third-order valence-electron chi connectivity index (χ3n) is 2.91. The Morgan fingerprint density at radius 3 is 2.74 bits per heavy atom. The maximum Gasteiger partial charge on any atom is 0.193 e. The van der Waals surface area contributed by atoms with Gasteiger partial charge >= 0.3 is 0 Å². The van der Waals surface area contributed by atoms with Gasteiger partial charge in [-0.2, -0.15) is 0 Å². The summed E-state index contributed by atoms with van der Waals surface area (Å²) in [6.45, 7) is 0. The number of ether oxygens (including phenoxy) is 1. The standard InChI is InChI=1S/C15H12ClNO2/c16-14-9-11(6-7-17-14)15(18)10-2-1-3-13(8-10)19-12-4-5-12/h1-3,6-9,12H,4-5H2. The highest BCUT2D eigenvalue weighted by molar-refractivity contribution is 6.30. The summed E-state index contributed by atoms with van der Waals surface area (Å²) in [4.78, 5) is 16.2. The summed E-state index contributed by atoms with van der Waals surface area (Å²) in [5.41, 5.74) is 1.13. The number of carbonyl (C=O) groups is 1. The lowest BCUT2D eigenvalue weighted by molar-refractivity contribution is 0.103. The molecule has 1 aliphatic rings. The average molecular weight is 274 g/mol. The first-order valence-electron chi connectivity index (χ1n) is 6.15. The predicted molar refractivity (Wildman–Crippen MR) is 72.8 cm³/mol. The molecule has 0 saturated heterocycles. The first kappa shape index (κ1) is 12.2. The number of nitrogens with zero attached hydrogens (tertiary/aromatic N) is 1. The molecule has 2 aromatic rings. The van der Waals surface area contributed by atoms with Crippen molar-refractivity contribution in [2.75, 3.05) is 0 Å². The minimum Gasteiger partial charge on any atom is -0.490 e. The maximum absolute atomic E-state index is 12.3. The second kappa shape index (κ2) is 5.02. The highest BCUT2D eigenvalue weighted by atomic mass is 35.5. The van der Waals surface area contributed by atoms with Crippen molar-refractivity contribution in [2.24, 2.45) is 0 Å². The molecule has 0 spiro atoms. The first-order chi connectivity index (χ1) is 9.22. The van der Waals surface area contributed by atoms with Crippen LogP contribution in [0.4, 0.5) is 0 Å². The topological polar surface area (TPSA) is 39.2 Å². The summed E-state index contributed by atoms with van der Waals surface area (Å²) in [7, 11) is 0. The van der Waals surface area contributed by atoms with Gasteiger partial charge in [0.1, 0.15) is 10.9 Å². The Kier molecular flexibility index (Phi) is 3.22. The summed E-state index contributed by atoms with van der Waals surface area (Å²) in [5.74, 6) is 0.666. The second-order valence-corrected chi connectivity index (χ2v) is 4.93. The predicted octanol–water partition coefficient (Wildman–Crippen LogP) is 3.51. The smallest absolute Gasteiger partial charge is 0.193 e. The molecule has 0 aliphatic heterocycles. The molecule has 0 bridgehead atoms. The molecule has 0 unspecified atom stereocenters. The van der Waals surface area contributed by atoms with Gasteiger partial charge in [-0.15, -0.1) is 0 Å². The third-order valence-corrected chi connectivity index (χ3v) is 3.12. The van der Waals surface area contributed by atoms with Gasteiger partial charge in [0.25, 0.3) is 0 Å². The highest BCUT2D eigenvalue weighted by Crippen LogP contribution is 2.27. The van der Waals surface area contributed by atoms with E-state index in [0.29, 0.717) is 22.4 Å². The van der Waals surface area contributed by atoms with Gasteiger partial charge in [0.05, 0.1) is 6.10 Å². The molecule has 1 aliphatic carbocycles. The molecule has 1 aromatic heterocycles. The number of pyridine rings is 1. The fourth-order valence-electron chi connectivity index (χ4n) is 1.80. The average Bonchev–Trinajstić information content (AvgIpc) is 3.22. The van der Waals surface area contributed by atoms with E-state index in [1.165, 1.54) is 6.20 Å². The molecule has 19 heavy (non-hydrogen) atoms. The van der Waals surface area contributed by atoms with E-state index in [-0.39, 0.29) is 5.78 Å². The van der Waals surface area contributed by atoms with Gasteiger partial charge in [-0.1, -0.05) is 23.7 Å². The zero-order valence-electron chi connectivity index (χ0n) is 10.2. The Bertz CT molecular complexity index is 623. The molecule has 0 amide bonds. The summed E-state index contributed by atoms with van der Waals surface area (Å²) in [6, 6.07) is 10.5. The van der Waals surface area contributed by atoms with Crippen LogP contribution in [0.25, 0.3) is 0 Å². The van der Waals surface area contributed by atoms with Crippen molar-refractivity contribution in [2.45, 2.75) is 18.9 Å². The van der Waals surface area contributed by atoms with E-state index in [9.17, 15) is 4.79 Å². The van der Waals surface area contributed by atoms with Crippen LogP contribution in [0.5, 0.6) is 5.75 Å². The number of rotatable bonds is 4. The number of ketones is 1. The number of hydrogen-bond donors (Lipinski definition) is 0. The lowest BCUT2D eigenvalue weighted by atomic mass is 10.0. The highest BCUT2D eigenvalue weighted by Gasteiger charge is 2.23. The number of carbonyl (C=O) groups excluding carboxylic acids is 1. The van der Waals surface area contributed by atoms with Crippen molar-refractivity contribution in [3.05, 3.63) is 58.9 Å². The van der Waals surface area contributed by atoms with Gasteiger partial charge < -0.3 is 4.74 Å². The first-order valence-corrected chi connectivity index (χ1v) is 6.53. The van der Waals surface area contributed by atoms with Gasteiger partial charge in [-0.05, 0) is 37.1 Å². The molecule has 4 heteroatoms. The quantitative estimate of drug-likeness (QED) is 0.632. The van der Waals surface area contributed by atoms with Gasteiger partial charge in [0.2, 0.25) is 0 Å². The minimum atomic E-state index is -0.0782. The van der Waals surface area contributed by atoms with Gasteiger partial charge in [0, 0.05) is 17.3 Å². The number of hydrogen-bond acceptors (Lipinski definition) is 3. The fraction of sp³-hybridized carbons (Fsp3) is 0.200. The van der Waals surface area contributed by atoms with Gasteiger partial charge in [-0.25, -0.2) is 4.98 Å². The molecular formula is C15H12ClNO2. The molecule has 1 heterocycles. The molecule has 1 saturated carbocycles. The Hall–Kier alpha value is -1.87. The summed E-state index contributed by atoms with van der Waals surface area (Å²) in [5, 5.41) is 0.316. The lowest BCUT2D eigenvalue weighted by Crippen LogP contribution is -2.03. The molecular weight excluding hydrogens is 262 g/mol. The maximum atomic E-state index is 12.3. The van der Waals surface area contributed by atoms with Crippen molar-refractivity contribution in [3.63, 3.8) is 0 Å². The molecule has 3 nitrogen and oxygen atoms in total. The summed E-state index contributed by atoms with van der Waals surface area (Å²) >= 11 is 5.80. The third kappa shape index (κ3) is 2.93. The van der Waals surface area contributed by atoms with Crippen molar-refractivity contribution in [1.82, 2.24) is 4.98 Å². The zero-order chi connectivity index (χ0) is 13.2. The number of benzene rings is 1. The van der Waals surface area contributed by atoms with Crippen LogP contribution >= 0.6 is 11.6 Å². The van der Waals surface area contributed by atoms with Crippen LogP contribution < -0.4 is 4.74 Å². The fourth-order valence-corrected chi connectivity index (χ4v) is 1.97. The Labute approximate surface area is 116 Å². The molecule has 3 rings (SSSR count). The van der Waals surface area contributed by atoms with Crippen molar-refractivity contribution in [3.8, 4) is 5.75 Å². The zero-order valence-corrected chi connectivity index (χ0v) is 10.9. The molecule has 0 N–H and O–H groups in total. The number of aromatic nitrogens is 1. The molecule has 1 aromatic carbocycles.